The number of benzene rings is 1. The summed E-state index contributed by atoms with van der Waals surface area (Å²) in [5, 5.41) is 5.03. The fourth-order valence-corrected chi connectivity index (χ4v) is 2.17. The van der Waals surface area contributed by atoms with Crippen LogP contribution < -0.4 is 10.5 Å². The Kier molecular flexibility index (Phi) is 4.12. The van der Waals surface area contributed by atoms with Crippen molar-refractivity contribution in [2.24, 2.45) is 5.73 Å². The van der Waals surface area contributed by atoms with E-state index in [1.165, 1.54) is 0 Å². The predicted octanol–water partition coefficient (Wildman–Crippen LogP) is 3.17. The molecule has 2 aromatic rings. The van der Waals surface area contributed by atoms with Gasteiger partial charge >= 0.3 is 0 Å². The molecule has 1 unspecified atom stereocenters. The van der Waals surface area contributed by atoms with Crippen molar-refractivity contribution in [1.29, 1.82) is 0 Å². The lowest BCUT2D eigenvalue weighted by Crippen LogP contribution is -2.19. The van der Waals surface area contributed by atoms with Crippen LogP contribution in [0.2, 0.25) is 5.02 Å². The zero-order valence-corrected chi connectivity index (χ0v) is 12.1. The molecule has 0 aliphatic heterocycles. The fraction of sp³-hybridized carbons (Fsp3) is 0.357. The highest BCUT2D eigenvalue weighted by atomic mass is 35.5. The summed E-state index contributed by atoms with van der Waals surface area (Å²) in [5.74, 6) is 0.705. The second kappa shape index (κ2) is 5.63. The summed E-state index contributed by atoms with van der Waals surface area (Å²) in [5.41, 5.74) is 8.19. The van der Waals surface area contributed by atoms with Crippen molar-refractivity contribution >= 4 is 11.6 Å². The number of ether oxygens (including phenoxy) is 1. The molecule has 0 aliphatic rings. The summed E-state index contributed by atoms with van der Waals surface area (Å²) in [4.78, 5) is 0. The molecular formula is C14H18ClN3O. The molecule has 0 amide bonds. The molecule has 0 spiro atoms. The number of nitrogens with two attached hydrogens (primary N) is 1. The van der Waals surface area contributed by atoms with Crippen LogP contribution in [0.25, 0.3) is 0 Å². The molecule has 0 saturated heterocycles. The molecule has 19 heavy (non-hydrogen) atoms. The van der Waals surface area contributed by atoms with Gasteiger partial charge in [-0.2, -0.15) is 5.10 Å². The first-order valence-electron chi connectivity index (χ1n) is 6.17. The van der Waals surface area contributed by atoms with E-state index in [-0.39, 0.29) is 12.1 Å². The van der Waals surface area contributed by atoms with Gasteiger partial charge in [-0.05, 0) is 31.5 Å². The van der Waals surface area contributed by atoms with E-state index in [4.69, 9.17) is 22.1 Å². The highest BCUT2D eigenvalue weighted by Gasteiger charge is 2.21. The number of halogens is 1. The van der Waals surface area contributed by atoms with Gasteiger partial charge in [0.2, 0.25) is 0 Å². The number of hydrogen-bond acceptors (Lipinski definition) is 3. The summed E-state index contributed by atoms with van der Waals surface area (Å²) in [6.45, 7) is 4.12. The lowest BCUT2D eigenvalue weighted by molar-refractivity contribution is 0.401. The van der Waals surface area contributed by atoms with E-state index in [1.54, 1.807) is 13.3 Å². The van der Waals surface area contributed by atoms with Gasteiger partial charge in [-0.3, -0.25) is 4.68 Å². The highest BCUT2D eigenvalue weighted by molar-refractivity contribution is 6.30. The number of nitrogens with zero attached hydrogens (tertiary/aromatic N) is 2. The molecule has 0 bridgehead atoms. The second-order valence-electron chi connectivity index (χ2n) is 4.67. The zero-order valence-electron chi connectivity index (χ0n) is 11.3. The Morgan fingerprint density at radius 1 is 1.26 bits per heavy atom. The number of aromatic nitrogens is 2. The first kappa shape index (κ1) is 13.9. The second-order valence-corrected chi connectivity index (χ2v) is 5.10. The summed E-state index contributed by atoms with van der Waals surface area (Å²) in [7, 11) is 1.62. The van der Waals surface area contributed by atoms with Crippen LogP contribution in [0.15, 0.2) is 30.5 Å². The van der Waals surface area contributed by atoms with E-state index in [2.05, 4.69) is 18.9 Å². The van der Waals surface area contributed by atoms with Gasteiger partial charge in [0.1, 0.15) is 5.69 Å². The summed E-state index contributed by atoms with van der Waals surface area (Å²) in [6.07, 6.45) is 1.70. The van der Waals surface area contributed by atoms with Crippen LogP contribution in [-0.4, -0.2) is 16.9 Å². The molecule has 0 radical (unpaired) electrons. The van der Waals surface area contributed by atoms with Crippen LogP contribution in [0.4, 0.5) is 0 Å². The molecule has 2 rings (SSSR count). The Labute approximate surface area is 118 Å². The van der Waals surface area contributed by atoms with Crippen LogP contribution in [0.1, 0.15) is 37.2 Å². The Morgan fingerprint density at radius 2 is 1.89 bits per heavy atom. The quantitative estimate of drug-likeness (QED) is 0.935. The van der Waals surface area contributed by atoms with Crippen LogP contribution in [0, 0.1) is 0 Å². The Bertz CT molecular complexity index is 548. The summed E-state index contributed by atoms with van der Waals surface area (Å²) in [6, 6.07) is 7.43. The third kappa shape index (κ3) is 2.74. The highest BCUT2D eigenvalue weighted by Crippen LogP contribution is 2.30. The number of rotatable bonds is 4. The van der Waals surface area contributed by atoms with Gasteiger partial charge in [0.05, 0.1) is 19.3 Å². The van der Waals surface area contributed by atoms with Gasteiger partial charge in [0, 0.05) is 11.1 Å². The van der Waals surface area contributed by atoms with Crippen molar-refractivity contribution < 1.29 is 4.74 Å². The molecule has 4 nitrogen and oxygen atoms in total. The molecule has 1 aromatic carbocycles. The van der Waals surface area contributed by atoms with Crippen LogP contribution in [0.5, 0.6) is 5.75 Å². The largest absolute Gasteiger partial charge is 0.493 e. The zero-order chi connectivity index (χ0) is 14.0. The monoisotopic (exact) mass is 279 g/mol. The van der Waals surface area contributed by atoms with Crippen molar-refractivity contribution in [3.63, 3.8) is 0 Å². The minimum absolute atomic E-state index is 0.220. The Hall–Kier alpha value is -1.52. The number of methoxy groups -OCH3 is 1. The topological polar surface area (TPSA) is 53.1 Å². The van der Waals surface area contributed by atoms with Gasteiger partial charge in [-0.25, -0.2) is 0 Å². The number of hydrogen-bond donors (Lipinski definition) is 1. The first-order chi connectivity index (χ1) is 9.04. The van der Waals surface area contributed by atoms with Crippen LogP contribution >= 0.6 is 11.6 Å². The molecule has 5 heteroatoms. The minimum atomic E-state index is -0.294. The standard InChI is InChI=1S/C14H18ClN3O/c1-9(2)18-14(12(19-3)8-17-18)13(16)10-4-6-11(15)7-5-10/h4-9,13H,16H2,1-3H3. The van der Waals surface area contributed by atoms with Gasteiger partial charge in [0.25, 0.3) is 0 Å². The van der Waals surface area contributed by atoms with E-state index in [0.717, 1.165) is 11.3 Å². The smallest absolute Gasteiger partial charge is 0.161 e. The molecular weight excluding hydrogens is 262 g/mol. The molecule has 2 N–H and O–H groups in total. The third-order valence-corrected chi connectivity index (χ3v) is 3.28. The van der Waals surface area contributed by atoms with Gasteiger partial charge < -0.3 is 10.5 Å². The lowest BCUT2D eigenvalue weighted by Gasteiger charge is -2.18. The molecule has 1 aromatic heterocycles. The van der Waals surface area contributed by atoms with E-state index >= 15 is 0 Å². The van der Waals surface area contributed by atoms with Gasteiger partial charge in [0.15, 0.2) is 5.75 Å². The maximum atomic E-state index is 6.34. The molecule has 102 valence electrons. The minimum Gasteiger partial charge on any atom is -0.493 e. The van der Waals surface area contributed by atoms with Gasteiger partial charge in [-0.15, -0.1) is 0 Å². The first-order valence-corrected chi connectivity index (χ1v) is 6.54. The van der Waals surface area contributed by atoms with E-state index < -0.39 is 0 Å². The summed E-state index contributed by atoms with van der Waals surface area (Å²) >= 11 is 5.90. The fourth-order valence-electron chi connectivity index (χ4n) is 2.05. The van der Waals surface area contributed by atoms with E-state index in [0.29, 0.717) is 10.8 Å². The maximum absolute atomic E-state index is 6.34. The summed E-state index contributed by atoms with van der Waals surface area (Å²) < 4.78 is 7.24. The van der Waals surface area contributed by atoms with Crippen LogP contribution in [-0.2, 0) is 0 Å². The van der Waals surface area contributed by atoms with E-state index in [9.17, 15) is 0 Å². The lowest BCUT2D eigenvalue weighted by atomic mass is 10.0. The van der Waals surface area contributed by atoms with Crippen molar-refractivity contribution in [2.75, 3.05) is 7.11 Å². The molecule has 1 heterocycles. The normalized spacial score (nSPS) is 12.7. The molecule has 0 fully saturated rings. The molecule has 0 saturated carbocycles. The molecule has 1 atom stereocenters. The third-order valence-electron chi connectivity index (χ3n) is 3.03. The predicted molar refractivity (Wildman–Crippen MR) is 76.6 cm³/mol. The Morgan fingerprint density at radius 3 is 2.42 bits per heavy atom. The van der Waals surface area contributed by atoms with Crippen molar-refractivity contribution in [1.82, 2.24) is 9.78 Å². The average Bonchev–Trinajstić information content (AvgIpc) is 2.82. The van der Waals surface area contributed by atoms with Crippen molar-refractivity contribution in [2.45, 2.75) is 25.9 Å². The SMILES string of the molecule is COc1cnn(C(C)C)c1C(N)c1ccc(Cl)cc1. The Balaban J connectivity index is 2.44. The van der Waals surface area contributed by atoms with Crippen LogP contribution in [0.3, 0.4) is 0 Å². The van der Waals surface area contributed by atoms with Crippen molar-refractivity contribution in [3.05, 3.63) is 46.7 Å². The van der Waals surface area contributed by atoms with Gasteiger partial charge in [-0.1, -0.05) is 23.7 Å². The maximum Gasteiger partial charge on any atom is 0.161 e. The van der Waals surface area contributed by atoms with Crippen molar-refractivity contribution in [3.8, 4) is 5.75 Å². The average molecular weight is 280 g/mol. The van der Waals surface area contributed by atoms with E-state index in [1.807, 2.05) is 28.9 Å². The molecule has 0 aliphatic carbocycles.